The number of nitrogens with zero attached hydrogens (tertiary/aromatic N) is 1. The van der Waals surface area contributed by atoms with Gasteiger partial charge in [0.25, 0.3) is 0 Å². The third-order valence-corrected chi connectivity index (χ3v) is 5.44. The van der Waals surface area contributed by atoms with E-state index < -0.39 is 6.10 Å². The molecular weight excluding hydrogens is 318 g/mol. The van der Waals surface area contributed by atoms with Gasteiger partial charge in [-0.25, -0.2) is 0 Å². The quantitative estimate of drug-likeness (QED) is 0.853. The van der Waals surface area contributed by atoms with Gasteiger partial charge in [0.2, 0.25) is 0 Å². The van der Waals surface area contributed by atoms with Crippen LogP contribution in [0, 0.1) is 0 Å². The molecule has 20 heavy (non-hydrogen) atoms. The third-order valence-electron chi connectivity index (χ3n) is 4.95. The number of fused-ring (bicyclic) bond motifs is 1. The van der Waals surface area contributed by atoms with E-state index in [0.717, 1.165) is 41.2 Å². The Morgan fingerprint density at radius 2 is 2.15 bits per heavy atom. The van der Waals surface area contributed by atoms with Crippen LogP contribution in [0.4, 0.5) is 0 Å². The highest BCUT2D eigenvalue weighted by atomic mass is 79.9. The summed E-state index contributed by atoms with van der Waals surface area (Å²) in [6, 6.07) is 7.24. The van der Waals surface area contributed by atoms with Crippen LogP contribution in [0.25, 0.3) is 0 Å². The molecule has 108 valence electrons. The standard InChI is InChI=1S/C16H20BrNO2/c1-10-7-16(9-18(10)12-3-4-12)8-14(19)13-5-2-11(17)6-15(13)20-16/h2,5-6,10,12,14,19H,3-4,7-9H2,1H3/t10?,14-,16?/m1/s1. The Kier molecular flexibility index (Phi) is 2.92. The van der Waals surface area contributed by atoms with Crippen LogP contribution in [0.1, 0.15) is 44.3 Å². The van der Waals surface area contributed by atoms with Crippen LogP contribution < -0.4 is 4.74 Å². The molecule has 2 aliphatic heterocycles. The average Bonchev–Trinajstić information content (AvgIpc) is 3.15. The maximum atomic E-state index is 10.5. The van der Waals surface area contributed by atoms with Crippen LogP contribution in [0.2, 0.25) is 0 Å². The molecule has 3 aliphatic rings. The van der Waals surface area contributed by atoms with Gasteiger partial charge < -0.3 is 9.84 Å². The Labute approximate surface area is 128 Å². The van der Waals surface area contributed by atoms with Crippen molar-refractivity contribution in [3.63, 3.8) is 0 Å². The van der Waals surface area contributed by atoms with E-state index in [1.165, 1.54) is 12.8 Å². The number of hydrogen-bond acceptors (Lipinski definition) is 3. The number of aliphatic hydroxyl groups is 1. The molecule has 1 N–H and O–H groups in total. The highest BCUT2D eigenvalue weighted by Crippen LogP contribution is 2.48. The summed E-state index contributed by atoms with van der Waals surface area (Å²) < 4.78 is 7.38. The third kappa shape index (κ3) is 2.09. The van der Waals surface area contributed by atoms with Gasteiger partial charge in [0.1, 0.15) is 11.4 Å². The molecule has 3 atom stereocenters. The molecule has 4 heteroatoms. The first-order valence-corrected chi connectivity index (χ1v) is 8.28. The van der Waals surface area contributed by atoms with Crippen molar-refractivity contribution in [2.45, 2.75) is 56.4 Å². The Balaban J connectivity index is 1.65. The molecule has 1 aromatic rings. The molecular formula is C16H20BrNO2. The second-order valence-corrected chi connectivity index (χ2v) is 7.56. The van der Waals surface area contributed by atoms with Gasteiger partial charge in [-0.05, 0) is 31.9 Å². The van der Waals surface area contributed by atoms with Crippen LogP contribution in [0.3, 0.4) is 0 Å². The number of hydrogen-bond donors (Lipinski definition) is 1. The second kappa shape index (κ2) is 4.46. The smallest absolute Gasteiger partial charge is 0.127 e. The summed E-state index contributed by atoms with van der Waals surface area (Å²) in [5.74, 6) is 0.850. The van der Waals surface area contributed by atoms with E-state index in [-0.39, 0.29) is 5.60 Å². The van der Waals surface area contributed by atoms with Gasteiger partial charge in [-0.15, -0.1) is 0 Å². The van der Waals surface area contributed by atoms with Gasteiger partial charge >= 0.3 is 0 Å². The molecule has 1 saturated heterocycles. The first-order valence-electron chi connectivity index (χ1n) is 7.49. The van der Waals surface area contributed by atoms with Gasteiger partial charge in [0, 0.05) is 41.5 Å². The van der Waals surface area contributed by atoms with E-state index in [2.05, 4.69) is 27.8 Å². The molecule has 3 nitrogen and oxygen atoms in total. The van der Waals surface area contributed by atoms with E-state index in [0.29, 0.717) is 6.04 Å². The molecule has 2 unspecified atom stereocenters. The van der Waals surface area contributed by atoms with Crippen LogP contribution in [-0.4, -0.2) is 34.2 Å². The first kappa shape index (κ1) is 13.1. The molecule has 2 heterocycles. The second-order valence-electron chi connectivity index (χ2n) is 6.64. The highest BCUT2D eigenvalue weighted by Gasteiger charge is 2.51. The molecule has 0 radical (unpaired) electrons. The van der Waals surface area contributed by atoms with Crippen LogP contribution >= 0.6 is 15.9 Å². The molecule has 2 fully saturated rings. The fraction of sp³-hybridized carbons (Fsp3) is 0.625. The van der Waals surface area contributed by atoms with Crippen molar-refractivity contribution in [3.8, 4) is 5.75 Å². The van der Waals surface area contributed by atoms with Crippen molar-refractivity contribution in [1.82, 2.24) is 4.90 Å². The van der Waals surface area contributed by atoms with Crippen molar-refractivity contribution in [2.24, 2.45) is 0 Å². The minimum Gasteiger partial charge on any atom is -0.485 e. The van der Waals surface area contributed by atoms with Gasteiger partial charge in [0.05, 0.1) is 6.10 Å². The minimum atomic E-state index is -0.404. The number of likely N-dealkylation sites (tertiary alicyclic amines) is 1. The SMILES string of the molecule is CC1CC2(C[C@@H](O)c3ccc(Br)cc3O2)CN1C1CC1. The summed E-state index contributed by atoms with van der Waals surface area (Å²) in [5, 5.41) is 10.5. The molecule has 1 spiro atoms. The van der Waals surface area contributed by atoms with Crippen molar-refractivity contribution in [1.29, 1.82) is 0 Å². The first-order chi connectivity index (χ1) is 9.56. The Morgan fingerprint density at radius 3 is 2.90 bits per heavy atom. The summed E-state index contributed by atoms with van der Waals surface area (Å²) in [7, 11) is 0. The van der Waals surface area contributed by atoms with Gasteiger partial charge in [-0.1, -0.05) is 22.0 Å². The fourth-order valence-corrected chi connectivity index (χ4v) is 4.27. The van der Waals surface area contributed by atoms with E-state index >= 15 is 0 Å². The molecule has 4 rings (SSSR count). The molecule has 0 aromatic heterocycles. The number of rotatable bonds is 1. The number of aliphatic hydroxyl groups excluding tert-OH is 1. The average molecular weight is 338 g/mol. The predicted octanol–water partition coefficient (Wildman–Crippen LogP) is 3.26. The number of halogens is 1. The van der Waals surface area contributed by atoms with E-state index in [4.69, 9.17) is 4.74 Å². The van der Waals surface area contributed by atoms with Gasteiger partial charge in [0.15, 0.2) is 0 Å². The summed E-state index contributed by atoms with van der Waals surface area (Å²) in [6.07, 6.45) is 3.98. The van der Waals surface area contributed by atoms with Crippen molar-refractivity contribution >= 4 is 15.9 Å². The summed E-state index contributed by atoms with van der Waals surface area (Å²) in [6.45, 7) is 3.25. The zero-order valence-electron chi connectivity index (χ0n) is 11.7. The lowest BCUT2D eigenvalue weighted by atomic mass is 9.87. The maximum Gasteiger partial charge on any atom is 0.127 e. The Morgan fingerprint density at radius 1 is 1.35 bits per heavy atom. The lowest BCUT2D eigenvalue weighted by Crippen LogP contribution is -2.44. The Bertz CT molecular complexity index is 545. The number of benzene rings is 1. The van der Waals surface area contributed by atoms with E-state index in [1.54, 1.807) is 0 Å². The van der Waals surface area contributed by atoms with Crippen LogP contribution in [-0.2, 0) is 0 Å². The molecule has 1 aliphatic carbocycles. The van der Waals surface area contributed by atoms with Crippen molar-refractivity contribution in [2.75, 3.05) is 6.54 Å². The monoisotopic (exact) mass is 337 g/mol. The molecule has 0 amide bonds. The number of ether oxygens (including phenoxy) is 1. The van der Waals surface area contributed by atoms with E-state index in [1.807, 2.05) is 18.2 Å². The van der Waals surface area contributed by atoms with Gasteiger partial charge in [-0.2, -0.15) is 0 Å². The summed E-state index contributed by atoms with van der Waals surface area (Å²) >= 11 is 3.49. The zero-order valence-corrected chi connectivity index (χ0v) is 13.3. The molecule has 0 bridgehead atoms. The largest absolute Gasteiger partial charge is 0.485 e. The van der Waals surface area contributed by atoms with Gasteiger partial charge in [-0.3, -0.25) is 4.90 Å². The van der Waals surface area contributed by atoms with Crippen LogP contribution in [0.15, 0.2) is 22.7 Å². The molecule has 1 aromatic carbocycles. The van der Waals surface area contributed by atoms with Crippen molar-refractivity contribution in [3.05, 3.63) is 28.2 Å². The Hall–Kier alpha value is -0.580. The normalized spacial score (nSPS) is 37.0. The zero-order chi connectivity index (χ0) is 13.9. The predicted molar refractivity (Wildman–Crippen MR) is 80.9 cm³/mol. The maximum absolute atomic E-state index is 10.5. The lowest BCUT2D eigenvalue weighted by molar-refractivity contribution is -0.00779. The minimum absolute atomic E-state index is 0.199. The fourth-order valence-electron chi connectivity index (χ4n) is 3.93. The summed E-state index contributed by atoms with van der Waals surface area (Å²) in [5.41, 5.74) is 0.728. The highest BCUT2D eigenvalue weighted by molar-refractivity contribution is 9.10. The summed E-state index contributed by atoms with van der Waals surface area (Å²) in [4.78, 5) is 2.58. The van der Waals surface area contributed by atoms with Crippen molar-refractivity contribution < 1.29 is 9.84 Å². The topological polar surface area (TPSA) is 32.7 Å². The molecule has 1 saturated carbocycles. The van der Waals surface area contributed by atoms with Crippen LogP contribution in [0.5, 0.6) is 5.75 Å². The van der Waals surface area contributed by atoms with E-state index in [9.17, 15) is 5.11 Å². The lowest BCUT2D eigenvalue weighted by Gasteiger charge is -2.38.